The monoisotopic (exact) mass is 342 g/mol. The third kappa shape index (κ3) is 3.83. The van der Waals surface area contributed by atoms with Crippen molar-refractivity contribution in [3.63, 3.8) is 0 Å². The number of hydrogen-bond acceptors (Lipinski definition) is 3. The lowest BCUT2D eigenvalue weighted by atomic mass is 10.1. The van der Waals surface area contributed by atoms with Crippen LogP contribution in [0, 0.1) is 0 Å². The highest BCUT2D eigenvalue weighted by molar-refractivity contribution is 6.31. The lowest BCUT2D eigenvalue weighted by Crippen LogP contribution is -2.38. The van der Waals surface area contributed by atoms with E-state index in [-0.39, 0.29) is 0 Å². The van der Waals surface area contributed by atoms with Crippen LogP contribution in [0.1, 0.15) is 11.4 Å². The van der Waals surface area contributed by atoms with Crippen molar-refractivity contribution in [2.24, 2.45) is 4.99 Å². The van der Waals surface area contributed by atoms with Crippen LogP contribution in [-0.2, 0) is 13.0 Å². The lowest BCUT2D eigenvalue weighted by Gasteiger charge is -2.11. The van der Waals surface area contributed by atoms with E-state index in [4.69, 9.17) is 11.6 Å². The van der Waals surface area contributed by atoms with Gasteiger partial charge in [0.15, 0.2) is 17.4 Å². The highest BCUT2D eigenvalue weighted by Gasteiger charge is 2.06. The van der Waals surface area contributed by atoms with Crippen molar-refractivity contribution >= 4 is 23.2 Å². The number of pyridine rings is 1. The molecule has 0 saturated heterocycles. The van der Waals surface area contributed by atoms with Crippen LogP contribution in [0.15, 0.2) is 53.7 Å². The highest BCUT2D eigenvalue weighted by Crippen LogP contribution is 2.14. The molecule has 3 aromatic rings. The van der Waals surface area contributed by atoms with Crippen molar-refractivity contribution in [2.75, 3.05) is 13.6 Å². The van der Waals surface area contributed by atoms with Crippen LogP contribution in [0.4, 0.5) is 0 Å². The predicted molar refractivity (Wildman–Crippen MR) is 96.3 cm³/mol. The average Bonchev–Trinajstić information content (AvgIpc) is 3.03. The van der Waals surface area contributed by atoms with Gasteiger partial charge in [-0.3, -0.25) is 9.39 Å². The number of guanidine groups is 1. The minimum Gasteiger partial charge on any atom is -0.356 e. The summed E-state index contributed by atoms with van der Waals surface area (Å²) < 4.78 is 1.95. The fraction of sp³-hybridized carbons (Fsp3) is 0.235. The first-order chi connectivity index (χ1) is 11.8. The molecule has 0 spiro atoms. The molecule has 2 aromatic heterocycles. The van der Waals surface area contributed by atoms with Crippen LogP contribution in [0.25, 0.3) is 5.65 Å². The van der Waals surface area contributed by atoms with E-state index in [9.17, 15) is 0 Å². The molecule has 0 bridgehead atoms. The second-order valence-corrected chi connectivity index (χ2v) is 5.65. The summed E-state index contributed by atoms with van der Waals surface area (Å²) in [6, 6.07) is 13.7. The van der Waals surface area contributed by atoms with Crippen LogP contribution in [0.2, 0.25) is 5.02 Å². The standard InChI is InChI=1S/C17H19ClN6/c1-19-17(20-10-9-13-6-2-3-7-14(13)18)21-12-16-23-22-15-8-4-5-11-24(15)16/h2-8,11H,9-10,12H2,1H3,(H2,19,20,21). The zero-order valence-corrected chi connectivity index (χ0v) is 14.2. The Hall–Kier alpha value is -2.60. The molecular formula is C17H19ClN6. The topological polar surface area (TPSA) is 66.6 Å². The number of fused-ring (bicyclic) bond motifs is 1. The Labute approximate surface area is 145 Å². The van der Waals surface area contributed by atoms with E-state index >= 15 is 0 Å². The van der Waals surface area contributed by atoms with Gasteiger partial charge in [0.05, 0.1) is 6.54 Å². The summed E-state index contributed by atoms with van der Waals surface area (Å²) in [4.78, 5) is 4.23. The number of aliphatic imine (C=N–C) groups is 1. The van der Waals surface area contributed by atoms with Gasteiger partial charge in [-0.25, -0.2) is 0 Å². The van der Waals surface area contributed by atoms with Crippen LogP contribution in [0.3, 0.4) is 0 Å². The number of hydrogen-bond donors (Lipinski definition) is 2. The van der Waals surface area contributed by atoms with E-state index in [0.29, 0.717) is 6.54 Å². The minimum atomic E-state index is 0.539. The zero-order valence-electron chi connectivity index (χ0n) is 13.4. The van der Waals surface area contributed by atoms with Gasteiger partial charge in [-0.05, 0) is 30.2 Å². The SMILES string of the molecule is CN=C(NCCc1ccccc1Cl)NCc1nnc2ccccn12. The van der Waals surface area contributed by atoms with E-state index in [0.717, 1.165) is 41.0 Å². The van der Waals surface area contributed by atoms with Crippen molar-refractivity contribution in [2.45, 2.75) is 13.0 Å². The lowest BCUT2D eigenvalue weighted by molar-refractivity contribution is 0.757. The third-order valence-electron chi connectivity index (χ3n) is 3.67. The minimum absolute atomic E-state index is 0.539. The van der Waals surface area contributed by atoms with Gasteiger partial charge >= 0.3 is 0 Å². The van der Waals surface area contributed by atoms with Crippen molar-refractivity contribution in [3.05, 3.63) is 65.1 Å². The van der Waals surface area contributed by atoms with E-state index in [2.05, 4.69) is 25.8 Å². The Morgan fingerprint density at radius 2 is 1.96 bits per heavy atom. The number of aromatic nitrogens is 3. The molecule has 24 heavy (non-hydrogen) atoms. The summed E-state index contributed by atoms with van der Waals surface area (Å²) in [7, 11) is 1.74. The molecule has 0 saturated carbocycles. The summed E-state index contributed by atoms with van der Waals surface area (Å²) in [6.07, 6.45) is 2.77. The number of rotatable bonds is 5. The molecule has 0 atom stereocenters. The maximum absolute atomic E-state index is 6.17. The van der Waals surface area contributed by atoms with Crippen molar-refractivity contribution in [1.82, 2.24) is 25.2 Å². The molecule has 0 amide bonds. The van der Waals surface area contributed by atoms with E-state index in [1.165, 1.54) is 0 Å². The molecule has 0 aliphatic rings. The number of nitrogens with zero attached hydrogens (tertiary/aromatic N) is 4. The maximum Gasteiger partial charge on any atom is 0.191 e. The van der Waals surface area contributed by atoms with Gasteiger partial charge in [-0.2, -0.15) is 0 Å². The Balaban J connectivity index is 1.53. The molecule has 6 nitrogen and oxygen atoms in total. The highest BCUT2D eigenvalue weighted by atomic mass is 35.5. The zero-order chi connectivity index (χ0) is 16.8. The summed E-state index contributed by atoms with van der Waals surface area (Å²) in [6.45, 7) is 1.28. The molecular weight excluding hydrogens is 324 g/mol. The number of halogens is 1. The Kier molecular flexibility index (Phi) is 5.28. The molecule has 2 N–H and O–H groups in total. The fourth-order valence-electron chi connectivity index (χ4n) is 2.41. The summed E-state index contributed by atoms with van der Waals surface area (Å²) in [5.74, 6) is 1.55. The second-order valence-electron chi connectivity index (χ2n) is 5.24. The van der Waals surface area contributed by atoms with Crippen molar-refractivity contribution in [1.29, 1.82) is 0 Å². The van der Waals surface area contributed by atoms with Gasteiger partial charge in [-0.1, -0.05) is 35.9 Å². The van der Waals surface area contributed by atoms with E-state index < -0.39 is 0 Å². The van der Waals surface area contributed by atoms with Gasteiger partial charge in [0, 0.05) is 24.8 Å². The molecule has 0 aliphatic heterocycles. The fourth-order valence-corrected chi connectivity index (χ4v) is 2.64. The number of benzene rings is 1. The predicted octanol–water partition coefficient (Wildman–Crippen LogP) is 2.29. The summed E-state index contributed by atoms with van der Waals surface area (Å²) in [5.41, 5.74) is 1.95. The molecule has 7 heteroatoms. The smallest absolute Gasteiger partial charge is 0.191 e. The van der Waals surface area contributed by atoms with Gasteiger partial charge in [0.1, 0.15) is 0 Å². The quantitative estimate of drug-likeness (QED) is 0.551. The van der Waals surface area contributed by atoms with Gasteiger partial charge in [0.25, 0.3) is 0 Å². The Bertz CT molecular complexity index is 842. The van der Waals surface area contributed by atoms with E-state index in [1.54, 1.807) is 7.05 Å². The Morgan fingerprint density at radius 3 is 2.79 bits per heavy atom. The average molecular weight is 343 g/mol. The van der Waals surface area contributed by atoms with Crippen LogP contribution >= 0.6 is 11.6 Å². The van der Waals surface area contributed by atoms with Gasteiger partial charge < -0.3 is 10.6 Å². The normalized spacial score (nSPS) is 11.7. The molecule has 0 unspecified atom stereocenters. The van der Waals surface area contributed by atoms with Gasteiger partial charge in [-0.15, -0.1) is 10.2 Å². The van der Waals surface area contributed by atoms with Gasteiger partial charge in [0.2, 0.25) is 0 Å². The molecule has 1 aromatic carbocycles. The Morgan fingerprint density at radius 1 is 1.12 bits per heavy atom. The second kappa shape index (κ2) is 7.79. The summed E-state index contributed by atoms with van der Waals surface area (Å²) in [5, 5.41) is 15.6. The molecule has 3 rings (SSSR count). The molecule has 2 heterocycles. The first kappa shape index (κ1) is 16.3. The molecule has 0 fully saturated rings. The van der Waals surface area contributed by atoms with Crippen LogP contribution in [-0.4, -0.2) is 34.2 Å². The molecule has 124 valence electrons. The maximum atomic E-state index is 6.17. The molecule has 0 radical (unpaired) electrons. The first-order valence-electron chi connectivity index (χ1n) is 7.74. The molecule has 0 aliphatic carbocycles. The van der Waals surface area contributed by atoms with Crippen molar-refractivity contribution in [3.8, 4) is 0 Å². The number of nitrogens with one attached hydrogen (secondary N) is 2. The largest absolute Gasteiger partial charge is 0.356 e. The third-order valence-corrected chi connectivity index (χ3v) is 4.04. The van der Waals surface area contributed by atoms with Crippen LogP contribution in [0.5, 0.6) is 0 Å². The summed E-state index contributed by atoms with van der Waals surface area (Å²) >= 11 is 6.17. The first-order valence-corrected chi connectivity index (χ1v) is 8.12. The van der Waals surface area contributed by atoms with Crippen LogP contribution < -0.4 is 10.6 Å². The van der Waals surface area contributed by atoms with E-state index in [1.807, 2.05) is 53.1 Å². The van der Waals surface area contributed by atoms with Crippen molar-refractivity contribution < 1.29 is 0 Å².